The number of benzene rings is 1. The number of carbonyl (C=O) groups is 7. The average molecular weight is 1290 g/mol. The van der Waals surface area contributed by atoms with Gasteiger partial charge in [-0.15, -0.1) is 68.0 Å². The second-order valence-electron chi connectivity index (χ2n) is 20.6. The summed E-state index contributed by atoms with van der Waals surface area (Å²) in [6.07, 6.45) is 2.34. The molecule has 9 aromatic rings. The zero-order valence-corrected chi connectivity index (χ0v) is 51.9. The maximum absolute atomic E-state index is 14.4. The molecule has 5 amide bonds. The summed E-state index contributed by atoms with van der Waals surface area (Å²) < 4.78 is 7.05. The van der Waals surface area contributed by atoms with Crippen molar-refractivity contribution in [2.24, 2.45) is 5.92 Å². The largest absolute Gasteiger partial charge is 0.480 e. The van der Waals surface area contributed by atoms with Crippen LogP contribution in [-0.2, 0) is 25.7 Å². The van der Waals surface area contributed by atoms with Crippen molar-refractivity contribution in [3.63, 3.8) is 0 Å². The average Bonchev–Trinajstić information content (AvgIpc) is 2.71. The van der Waals surface area contributed by atoms with E-state index in [1.807, 2.05) is 13.8 Å². The lowest BCUT2D eigenvalue weighted by Crippen LogP contribution is -2.40. The number of carboxylic acids is 1. The number of thiazole rings is 6. The summed E-state index contributed by atoms with van der Waals surface area (Å²) in [5.41, 5.74) is 2.95. The highest BCUT2D eigenvalue weighted by Crippen LogP contribution is 2.41. The van der Waals surface area contributed by atoms with Crippen LogP contribution in [0.4, 0.5) is 0 Å². The summed E-state index contributed by atoms with van der Waals surface area (Å²) in [5.74, 6) is -4.34. The number of nitrogens with zero attached hydrogens (tertiary/aromatic N) is 10. The van der Waals surface area contributed by atoms with Crippen molar-refractivity contribution < 1.29 is 48.5 Å². The Bertz CT molecular complexity index is 4090. The molecule has 87 heavy (non-hydrogen) atoms. The third-order valence-corrected chi connectivity index (χ3v) is 20.2. The molecule has 11 rings (SSSR count). The van der Waals surface area contributed by atoms with E-state index in [2.05, 4.69) is 26.3 Å². The number of rotatable bonds is 11. The predicted molar refractivity (Wildman–Crippen MR) is 327 cm³/mol. The van der Waals surface area contributed by atoms with Crippen LogP contribution in [0.15, 0.2) is 76.5 Å². The van der Waals surface area contributed by atoms with Crippen LogP contribution >= 0.6 is 68.0 Å². The number of carboxylic acid groups (broad SMARTS) is 1. The monoisotopic (exact) mass is 1290 g/mol. The SMILES string of the molecule is CNC(=O)C[C@@H]1NC(=O)c2csc(n2)-c2ccc(-c3nc(-n4cnc(C(=O)N5CCC[C@@H]5C(=O)O)c4)cs3)nc2-c2csc(n2)-c2csc(n2)[C@H]([C@@H](O)c2ccccc2)NC(=O)CNC(=O)c2nc(sc2COC)[C@H](C(C)C)CC(=O)c2nc1sc2C. The number of hydrogen-bond acceptors (Lipinski definition) is 23. The second kappa shape index (κ2) is 26.0. The first-order chi connectivity index (χ1) is 41.9. The Morgan fingerprint density at radius 1 is 0.782 bits per heavy atom. The van der Waals surface area contributed by atoms with Gasteiger partial charge in [0.2, 0.25) is 11.8 Å². The number of aryl methyl sites for hydroxylation is 1. The molecule has 1 saturated heterocycles. The Hall–Kier alpha value is -8.23. The maximum atomic E-state index is 14.4. The van der Waals surface area contributed by atoms with E-state index in [0.29, 0.717) is 98.9 Å². The van der Waals surface area contributed by atoms with Crippen molar-refractivity contribution in [2.45, 2.75) is 83.2 Å². The van der Waals surface area contributed by atoms with E-state index < -0.39 is 66.3 Å². The summed E-state index contributed by atoms with van der Waals surface area (Å²) in [6, 6.07) is 9.35. The van der Waals surface area contributed by atoms with Gasteiger partial charge in [0.25, 0.3) is 17.7 Å². The number of aliphatic carboxylic acids is 1. The molecule has 0 radical (unpaired) electrons. The minimum absolute atomic E-state index is 0.0251. The standard InChI is InChI=1S/C57H54N14O10S6/c1-26(2)30-16-38(72)43-27(3)86-54(68-43)32(17-41(73)58-4)62-48(76)35-22-82-50(64-35)29-13-14-31(52-66-40(24-85-52)70-19-33(60-25-70)56(78)71-15-9-12-37(71)57(79)80)61-44(29)34-21-83-53(63-34)36-23-84-55(65-36)46(47(75)28-10-7-6-8-11-28)67-42(74)18-59-49(77)45-39(20-81-5)87-51(30)69-45/h6-8,10-11,13-14,19,21-26,30,32,37,46-47,75H,9,12,15-18,20H2,1-5H3,(H,58,73)(H,59,77)(H,62,76)(H,67,74)(H,79,80)/t30-,32-,37+,46-,47-/m0/s1. The van der Waals surface area contributed by atoms with Crippen molar-refractivity contribution >= 4 is 109 Å². The summed E-state index contributed by atoms with van der Waals surface area (Å²) >= 11 is 7.32. The predicted octanol–water partition coefficient (Wildman–Crippen LogP) is 8.07. The highest BCUT2D eigenvalue weighted by molar-refractivity contribution is 7.15. The quantitative estimate of drug-likeness (QED) is 0.0712. The van der Waals surface area contributed by atoms with Crippen LogP contribution in [0.2, 0.25) is 0 Å². The highest BCUT2D eigenvalue weighted by Gasteiger charge is 2.37. The summed E-state index contributed by atoms with van der Waals surface area (Å²) in [5, 5.41) is 42.2. The molecule has 0 aliphatic carbocycles. The van der Waals surface area contributed by atoms with Crippen molar-refractivity contribution in [1.82, 2.24) is 70.6 Å². The number of aliphatic hydroxyl groups is 1. The number of nitrogens with one attached hydrogen (secondary N) is 4. The van der Waals surface area contributed by atoms with Crippen LogP contribution < -0.4 is 21.3 Å². The van der Waals surface area contributed by atoms with Crippen LogP contribution in [0.25, 0.3) is 49.2 Å². The van der Waals surface area contributed by atoms with E-state index in [-0.39, 0.29) is 59.8 Å². The summed E-state index contributed by atoms with van der Waals surface area (Å²) in [4.78, 5) is 136. The van der Waals surface area contributed by atoms with Gasteiger partial charge in [-0.25, -0.2) is 44.7 Å². The number of likely N-dealkylation sites (tertiary alicyclic amines) is 1. The van der Waals surface area contributed by atoms with Gasteiger partial charge in [-0.05, 0) is 43.4 Å². The molecule has 5 atom stereocenters. The van der Waals surface area contributed by atoms with Crippen LogP contribution in [0, 0.1) is 12.8 Å². The van der Waals surface area contributed by atoms with Gasteiger partial charge in [-0.1, -0.05) is 44.2 Å². The van der Waals surface area contributed by atoms with E-state index in [1.54, 1.807) is 75.5 Å². The minimum atomic E-state index is -1.28. The fraction of sp³-hybridized carbons (Fsp3) is 0.316. The third-order valence-electron chi connectivity index (χ3n) is 14.5. The van der Waals surface area contributed by atoms with Crippen LogP contribution in [0.5, 0.6) is 0 Å². The van der Waals surface area contributed by atoms with Crippen LogP contribution in [0.1, 0.15) is 136 Å². The molecule has 0 saturated carbocycles. The number of carbonyl (C=O) groups excluding carboxylic acids is 6. The number of imidazole rings is 1. The van der Waals surface area contributed by atoms with Gasteiger partial charge in [-0.2, -0.15) is 0 Å². The molecule has 448 valence electrons. The van der Waals surface area contributed by atoms with E-state index in [1.165, 1.54) is 99.6 Å². The van der Waals surface area contributed by atoms with Gasteiger partial charge in [0.15, 0.2) is 5.78 Å². The molecule has 30 heteroatoms. The van der Waals surface area contributed by atoms with Crippen LogP contribution in [-0.4, -0.2) is 134 Å². The number of aromatic nitrogens is 9. The number of aliphatic hydroxyl groups excluding tert-OH is 1. The number of ether oxygens (including phenoxy) is 1. The lowest BCUT2D eigenvalue weighted by molar-refractivity contribution is -0.141. The second-order valence-corrected chi connectivity index (χ2v) is 26.4. The molecule has 0 spiro atoms. The Kier molecular flexibility index (Phi) is 18.1. The molecule has 1 fully saturated rings. The van der Waals surface area contributed by atoms with Gasteiger partial charge >= 0.3 is 5.97 Å². The van der Waals surface area contributed by atoms with Gasteiger partial charge in [0, 0.05) is 71.2 Å². The molecule has 24 nitrogen and oxygen atoms in total. The molecule has 10 bridgehead atoms. The maximum Gasteiger partial charge on any atom is 0.326 e. The van der Waals surface area contributed by atoms with Crippen molar-refractivity contribution in [1.29, 1.82) is 0 Å². The normalized spacial score (nSPS) is 18.0. The van der Waals surface area contributed by atoms with Gasteiger partial charge in [0.05, 0.1) is 41.2 Å². The number of pyridine rings is 1. The lowest BCUT2D eigenvalue weighted by atomic mass is 9.90. The van der Waals surface area contributed by atoms with Crippen molar-refractivity contribution in [3.8, 4) is 49.2 Å². The molecule has 2 aliphatic heterocycles. The van der Waals surface area contributed by atoms with E-state index in [9.17, 15) is 43.8 Å². The number of hydrogen-bond donors (Lipinski definition) is 6. The Balaban J connectivity index is 0.975. The summed E-state index contributed by atoms with van der Waals surface area (Å²) in [6.45, 7) is 5.46. The molecule has 10 heterocycles. The van der Waals surface area contributed by atoms with E-state index >= 15 is 0 Å². The summed E-state index contributed by atoms with van der Waals surface area (Å²) in [7, 11) is 2.96. The zero-order valence-electron chi connectivity index (χ0n) is 47.0. The Morgan fingerprint density at radius 3 is 2.29 bits per heavy atom. The zero-order chi connectivity index (χ0) is 61.2. The molecular weight excluding hydrogens is 1230 g/mol. The van der Waals surface area contributed by atoms with Gasteiger partial charge < -0.3 is 41.1 Å². The number of fused-ring (bicyclic) bond motifs is 14. The number of ketones is 1. The third kappa shape index (κ3) is 12.9. The first kappa shape index (κ1) is 60.5. The smallest absolute Gasteiger partial charge is 0.326 e. The van der Waals surface area contributed by atoms with Crippen LogP contribution in [0.3, 0.4) is 0 Å². The fourth-order valence-corrected chi connectivity index (χ4v) is 15.5. The molecular formula is C57H54N14O10S6. The first-order valence-electron chi connectivity index (χ1n) is 27.2. The Morgan fingerprint density at radius 2 is 1.52 bits per heavy atom. The minimum Gasteiger partial charge on any atom is -0.480 e. The molecule has 8 aromatic heterocycles. The Labute approximate surface area is 520 Å². The first-order valence-corrected chi connectivity index (χ1v) is 32.3. The van der Waals surface area contributed by atoms with E-state index in [4.69, 9.17) is 39.6 Å². The van der Waals surface area contributed by atoms with Gasteiger partial charge in [-0.3, -0.25) is 33.3 Å². The number of amides is 5. The number of Topliss-reactive ketones (excluding diaryl/α,β-unsaturated/α-hetero) is 1. The van der Waals surface area contributed by atoms with Crippen molar-refractivity contribution in [2.75, 3.05) is 27.2 Å². The topological polar surface area (TPSA) is 329 Å². The van der Waals surface area contributed by atoms with E-state index in [0.717, 1.165) is 0 Å². The van der Waals surface area contributed by atoms with Crippen molar-refractivity contribution in [3.05, 3.63) is 130 Å². The highest BCUT2D eigenvalue weighted by atomic mass is 32.1. The molecule has 1 aromatic carbocycles. The lowest BCUT2D eigenvalue weighted by Gasteiger charge is -2.23. The molecule has 6 N–H and O–H groups in total. The fourth-order valence-electron chi connectivity index (χ4n) is 9.92. The molecule has 2 aliphatic rings. The van der Waals surface area contributed by atoms with Gasteiger partial charge in [0.1, 0.15) is 95.2 Å². The molecule has 0 unspecified atom stereocenters. The number of methoxy groups -OCH3 is 1.